The van der Waals surface area contributed by atoms with Crippen LogP contribution in [-0.2, 0) is 0 Å². The molecule has 24 heavy (non-hydrogen) atoms. The molecule has 3 saturated carbocycles. The Morgan fingerprint density at radius 3 is 2.62 bits per heavy atom. The van der Waals surface area contributed by atoms with Gasteiger partial charge in [-0.3, -0.25) is 4.79 Å². The number of hydrogen-bond acceptors (Lipinski definition) is 2. The molecule has 0 amide bonds. The fourth-order valence-corrected chi connectivity index (χ4v) is 3.71. The average molecular weight is 337 g/mol. The minimum Gasteiger partial charge on any atom is -0.313 e. The monoisotopic (exact) mass is 337 g/mol. The minimum absolute atomic E-state index is 0.129. The zero-order valence-electron chi connectivity index (χ0n) is 13.5. The van der Waals surface area contributed by atoms with Gasteiger partial charge in [-0.1, -0.05) is 0 Å². The molecule has 0 radical (unpaired) electrons. The molecule has 2 unspecified atom stereocenters. The topological polar surface area (TPSA) is 29.1 Å². The molecule has 0 aliphatic heterocycles. The molecule has 0 aromatic heterocycles. The first-order valence-corrected chi connectivity index (χ1v) is 8.85. The van der Waals surface area contributed by atoms with E-state index in [-0.39, 0.29) is 42.7 Å². The number of carbonyl (C=O) groups excluding carboxylic acids is 1. The predicted molar refractivity (Wildman–Crippen MR) is 84.9 cm³/mol. The van der Waals surface area contributed by atoms with Crippen LogP contribution in [0, 0.1) is 17.7 Å². The highest BCUT2D eigenvalue weighted by Gasteiger charge is 2.46. The van der Waals surface area contributed by atoms with Crippen LogP contribution in [0.25, 0.3) is 0 Å². The predicted octanol–water partition coefficient (Wildman–Crippen LogP) is 4.30. The smallest absolute Gasteiger partial charge is 0.248 e. The van der Waals surface area contributed by atoms with Gasteiger partial charge < -0.3 is 5.32 Å². The fraction of sp³-hybridized carbons (Fsp3) is 0.632. The van der Waals surface area contributed by atoms with Gasteiger partial charge in [0.1, 0.15) is 5.82 Å². The zero-order chi connectivity index (χ0) is 16.9. The van der Waals surface area contributed by atoms with Crippen molar-refractivity contribution >= 4 is 5.78 Å². The molecule has 0 spiro atoms. The second-order valence-corrected chi connectivity index (χ2v) is 7.79. The minimum atomic E-state index is -2.60. The lowest BCUT2D eigenvalue weighted by molar-refractivity contribution is -0.109. The Bertz CT molecular complexity index is 648. The molecule has 1 aromatic rings. The summed E-state index contributed by atoms with van der Waals surface area (Å²) < 4.78 is 39.9. The van der Waals surface area contributed by atoms with Crippen molar-refractivity contribution in [3.8, 4) is 0 Å². The third-order valence-electron chi connectivity index (χ3n) is 5.52. The van der Waals surface area contributed by atoms with Gasteiger partial charge in [0.2, 0.25) is 5.92 Å². The van der Waals surface area contributed by atoms with E-state index < -0.39 is 5.92 Å². The molecule has 0 heterocycles. The third-order valence-corrected chi connectivity index (χ3v) is 5.52. The first-order chi connectivity index (χ1) is 11.4. The van der Waals surface area contributed by atoms with Gasteiger partial charge in [-0.25, -0.2) is 13.2 Å². The molecule has 0 saturated heterocycles. The number of Topliss-reactive ketones (excluding diaryl/α,β-unsaturated/α-hetero) is 1. The molecule has 3 aliphatic carbocycles. The van der Waals surface area contributed by atoms with E-state index in [1.807, 2.05) is 0 Å². The lowest BCUT2D eigenvalue weighted by Gasteiger charge is -2.34. The first-order valence-electron chi connectivity index (χ1n) is 8.85. The Morgan fingerprint density at radius 1 is 1.21 bits per heavy atom. The molecular weight excluding hydrogens is 315 g/mol. The second-order valence-electron chi connectivity index (χ2n) is 7.79. The highest BCUT2D eigenvalue weighted by molar-refractivity contribution is 5.96. The Kier molecular flexibility index (Phi) is 3.94. The zero-order valence-corrected chi connectivity index (χ0v) is 13.5. The maximum absolute atomic E-state index is 14.1. The van der Waals surface area contributed by atoms with Crippen molar-refractivity contribution in [2.75, 3.05) is 6.54 Å². The number of alkyl halides is 2. The van der Waals surface area contributed by atoms with Gasteiger partial charge in [0.05, 0.1) is 0 Å². The standard InChI is InChI=1S/C19H22F3NO/c20-16-4-3-13(18(24)5-12-8-19(21,22)9-12)6-14(16)15-7-17(15)23-10-11-1-2-11/h3-4,6,11-12,15,17,23H,1-2,5,7-10H2. The summed E-state index contributed by atoms with van der Waals surface area (Å²) in [6, 6.07) is 4.76. The Morgan fingerprint density at radius 2 is 1.96 bits per heavy atom. The van der Waals surface area contributed by atoms with Crippen LogP contribution in [0.4, 0.5) is 13.2 Å². The molecule has 2 nitrogen and oxygen atoms in total. The van der Waals surface area contributed by atoms with Crippen molar-refractivity contribution in [2.45, 2.75) is 56.4 Å². The van der Waals surface area contributed by atoms with Crippen LogP contribution in [0.15, 0.2) is 18.2 Å². The lowest BCUT2D eigenvalue weighted by Crippen LogP contribution is -2.36. The van der Waals surface area contributed by atoms with Crippen molar-refractivity contribution < 1.29 is 18.0 Å². The summed E-state index contributed by atoms with van der Waals surface area (Å²) in [5.74, 6) is -2.36. The number of rotatable bonds is 7. The van der Waals surface area contributed by atoms with Gasteiger partial charge in [-0.2, -0.15) is 0 Å². The van der Waals surface area contributed by atoms with Gasteiger partial charge in [0.15, 0.2) is 5.78 Å². The van der Waals surface area contributed by atoms with Gasteiger partial charge in [-0.15, -0.1) is 0 Å². The summed E-state index contributed by atoms with van der Waals surface area (Å²) >= 11 is 0. The van der Waals surface area contributed by atoms with E-state index in [1.165, 1.54) is 25.0 Å². The molecular formula is C19H22F3NO. The summed E-state index contributed by atoms with van der Waals surface area (Å²) in [7, 11) is 0. The summed E-state index contributed by atoms with van der Waals surface area (Å²) in [6.45, 7) is 0.997. The van der Waals surface area contributed by atoms with Crippen molar-refractivity contribution in [3.05, 3.63) is 35.1 Å². The number of hydrogen-bond donors (Lipinski definition) is 1. The third kappa shape index (κ3) is 3.51. The van der Waals surface area contributed by atoms with Gasteiger partial charge in [-0.05, 0) is 61.4 Å². The maximum Gasteiger partial charge on any atom is 0.248 e. The summed E-state index contributed by atoms with van der Waals surface area (Å²) in [4.78, 5) is 12.3. The van der Waals surface area contributed by atoms with Crippen LogP contribution in [0.1, 0.15) is 60.4 Å². The van der Waals surface area contributed by atoms with Crippen molar-refractivity contribution in [2.24, 2.45) is 11.8 Å². The van der Waals surface area contributed by atoms with E-state index in [0.717, 1.165) is 18.9 Å². The van der Waals surface area contributed by atoms with Crippen LogP contribution < -0.4 is 5.32 Å². The highest BCUT2D eigenvalue weighted by Crippen LogP contribution is 2.45. The fourth-order valence-electron chi connectivity index (χ4n) is 3.71. The molecule has 2 atom stereocenters. The van der Waals surface area contributed by atoms with E-state index in [9.17, 15) is 18.0 Å². The number of ketones is 1. The number of carbonyl (C=O) groups is 1. The second kappa shape index (κ2) is 5.87. The number of benzene rings is 1. The molecule has 1 aromatic carbocycles. The number of halogens is 3. The molecule has 0 bridgehead atoms. The maximum atomic E-state index is 14.1. The van der Waals surface area contributed by atoms with Crippen LogP contribution in [0.3, 0.4) is 0 Å². The molecule has 130 valence electrons. The van der Waals surface area contributed by atoms with E-state index in [4.69, 9.17) is 0 Å². The van der Waals surface area contributed by atoms with E-state index in [2.05, 4.69) is 5.32 Å². The van der Waals surface area contributed by atoms with Crippen LogP contribution in [0.2, 0.25) is 0 Å². The van der Waals surface area contributed by atoms with E-state index >= 15 is 0 Å². The lowest BCUT2D eigenvalue weighted by atomic mass is 9.77. The van der Waals surface area contributed by atoms with E-state index in [0.29, 0.717) is 17.2 Å². The number of nitrogens with one attached hydrogen (secondary N) is 1. The summed E-state index contributed by atoms with van der Waals surface area (Å²) in [5.41, 5.74) is 1.04. The van der Waals surface area contributed by atoms with Crippen molar-refractivity contribution in [3.63, 3.8) is 0 Å². The van der Waals surface area contributed by atoms with Crippen LogP contribution in [-0.4, -0.2) is 24.3 Å². The Labute approximate surface area is 139 Å². The van der Waals surface area contributed by atoms with Crippen molar-refractivity contribution in [1.82, 2.24) is 5.32 Å². The molecule has 3 aliphatic rings. The van der Waals surface area contributed by atoms with E-state index in [1.54, 1.807) is 6.07 Å². The van der Waals surface area contributed by atoms with Gasteiger partial charge in [0.25, 0.3) is 0 Å². The average Bonchev–Trinajstić information content (AvgIpc) is 3.38. The van der Waals surface area contributed by atoms with Crippen LogP contribution >= 0.6 is 0 Å². The van der Waals surface area contributed by atoms with Crippen LogP contribution in [0.5, 0.6) is 0 Å². The molecule has 3 fully saturated rings. The largest absolute Gasteiger partial charge is 0.313 e. The van der Waals surface area contributed by atoms with Gasteiger partial charge >= 0.3 is 0 Å². The molecule has 5 heteroatoms. The quantitative estimate of drug-likeness (QED) is 0.752. The normalized spacial score (nSPS) is 28.5. The summed E-state index contributed by atoms with van der Waals surface area (Å²) in [5, 5.41) is 3.47. The molecule has 4 rings (SSSR count). The Balaban J connectivity index is 1.37. The van der Waals surface area contributed by atoms with Gasteiger partial charge in [0, 0.05) is 36.8 Å². The Hall–Kier alpha value is -1.36. The first kappa shape index (κ1) is 16.1. The van der Waals surface area contributed by atoms with Crippen molar-refractivity contribution in [1.29, 1.82) is 0 Å². The summed E-state index contributed by atoms with van der Waals surface area (Å²) in [6.07, 6.45) is 3.18. The SMILES string of the molecule is O=C(CC1CC(F)(F)C1)c1ccc(F)c(C2CC2NCC2CC2)c1. The molecule has 1 N–H and O–H groups in total. The highest BCUT2D eigenvalue weighted by atomic mass is 19.3.